The molecule has 0 unspecified atom stereocenters. The summed E-state index contributed by atoms with van der Waals surface area (Å²) in [5.74, 6) is -1.12. The summed E-state index contributed by atoms with van der Waals surface area (Å²) in [4.78, 5) is -0.0254. The SMILES string of the molecule is NC(=S)c1ccc(OCCC(F)(F)F)c(F)c1Br. The highest BCUT2D eigenvalue weighted by molar-refractivity contribution is 9.10. The summed E-state index contributed by atoms with van der Waals surface area (Å²) in [5, 5.41) is 0. The number of ether oxygens (including phenoxy) is 1. The van der Waals surface area contributed by atoms with Gasteiger partial charge in [0.2, 0.25) is 0 Å². The summed E-state index contributed by atoms with van der Waals surface area (Å²) in [6.07, 6.45) is -5.49. The number of benzene rings is 1. The standard InChI is InChI=1S/C10H8BrF4NOS/c11-7-5(9(16)18)1-2-6(8(7)12)17-4-3-10(13,14)15/h1-2H,3-4H2,(H2,16,18). The highest BCUT2D eigenvalue weighted by Gasteiger charge is 2.27. The van der Waals surface area contributed by atoms with E-state index >= 15 is 0 Å². The van der Waals surface area contributed by atoms with Crippen LogP contribution in [0.1, 0.15) is 12.0 Å². The number of rotatable bonds is 4. The third kappa shape index (κ3) is 4.09. The van der Waals surface area contributed by atoms with Crippen molar-refractivity contribution in [1.29, 1.82) is 0 Å². The number of hydrogen-bond acceptors (Lipinski definition) is 2. The Hall–Kier alpha value is -0.890. The topological polar surface area (TPSA) is 35.2 Å². The molecule has 1 rings (SSSR count). The first-order valence-electron chi connectivity index (χ1n) is 4.69. The Morgan fingerprint density at radius 2 is 2.00 bits per heavy atom. The van der Waals surface area contributed by atoms with E-state index in [4.69, 9.17) is 10.5 Å². The lowest BCUT2D eigenvalue weighted by atomic mass is 10.2. The average Bonchev–Trinajstić information content (AvgIpc) is 2.22. The number of nitrogens with two attached hydrogens (primary N) is 1. The molecule has 0 saturated carbocycles. The van der Waals surface area contributed by atoms with Gasteiger partial charge in [0.05, 0.1) is 17.5 Å². The van der Waals surface area contributed by atoms with Crippen LogP contribution < -0.4 is 10.5 Å². The van der Waals surface area contributed by atoms with Gasteiger partial charge in [0.1, 0.15) is 4.99 Å². The van der Waals surface area contributed by atoms with Crippen LogP contribution in [0.5, 0.6) is 5.75 Å². The molecule has 0 heterocycles. The summed E-state index contributed by atoms with van der Waals surface area (Å²) in [5.41, 5.74) is 5.59. The van der Waals surface area contributed by atoms with Gasteiger partial charge in [-0.3, -0.25) is 0 Å². The molecule has 0 atom stereocenters. The zero-order valence-corrected chi connectivity index (χ0v) is 11.3. The van der Waals surface area contributed by atoms with E-state index in [0.29, 0.717) is 0 Å². The predicted octanol–water partition coefficient (Wildman–Crippen LogP) is 3.55. The molecular formula is C10H8BrF4NOS. The van der Waals surface area contributed by atoms with Gasteiger partial charge in [-0.15, -0.1) is 0 Å². The van der Waals surface area contributed by atoms with Gasteiger partial charge < -0.3 is 10.5 Å². The third-order valence-electron chi connectivity index (χ3n) is 1.96. The fourth-order valence-corrected chi connectivity index (χ4v) is 1.95. The van der Waals surface area contributed by atoms with E-state index in [1.54, 1.807) is 0 Å². The molecule has 1 aromatic carbocycles. The van der Waals surface area contributed by atoms with Crippen LogP contribution in [-0.2, 0) is 0 Å². The van der Waals surface area contributed by atoms with Crippen molar-refractivity contribution in [3.05, 3.63) is 28.0 Å². The summed E-state index contributed by atoms with van der Waals surface area (Å²) < 4.78 is 54.0. The largest absolute Gasteiger partial charge is 0.490 e. The van der Waals surface area contributed by atoms with Crippen molar-refractivity contribution in [1.82, 2.24) is 0 Å². The maximum atomic E-state index is 13.7. The van der Waals surface area contributed by atoms with E-state index in [2.05, 4.69) is 28.1 Å². The molecule has 0 radical (unpaired) electrons. The Kier molecular flexibility index (Phi) is 4.92. The molecule has 100 valence electrons. The first-order valence-corrected chi connectivity index (χ1v) is 5.90. The maximum absolute atomic E-state index is 13.7. The quantitative estimate of drug-likeness (QED) is 0.669. The second kappa shape index (κ2) is 5.83. The number of alkyl halides is 3. The van der Waals surface area contributed by atoms with Crippen molar-refractivity contribution in [3.8, 4) is 5.75 Å². The fraction of sp³-hybridized carbons (Fsp3) is 0.300. The highest BCUT2D eigenvalue weighted by atomic mass is 79.9. The van der Waals surface area contributed by atoms with Gasteiger partial charge in [-0.05, 0) is 28.1 Å². The monoisotopic (exact) mass is 345 g/mol. The Bertz CT molecular complexity index is 464. The molecule has 18 heavy (non-hydrogen) atoms. The Morgan fingerprint density at radius 1 is 1.39 bits per heavy atom. The molecule has 0 spiro atoms. The van der Waals surface area contributed by atoms with E-state index in [-0.39, 0.29) is 20.8 Å². The Labute approximate surface area is 114 Å². The lowest BCUT2D eigenvalue weighted by Crippen LogP contribution is -2.14. The zero-order valence-electron chi connectivity index (χ0n) is 8.85. The van der Waals surface area contributed by atoms with Crippen molar-refractivity contribution in [2.24, 2.45) is 5.73 Å². The van der Waals surface area contributed by atoms with Crippen LogP contribution in [0.15, 0.2) is 16.6 Å². The molecule has 0 fully saturated rings. The smallest absolute Gasteiger partial charge is 0.392 e. The van der Waals surface area contributed by atoms with Crippen LogP contribution in [0.3, 0.4) is 0 Å². The number of halogens is 5. The fourth-order valence-electron chi connectivity index (χ4n) is 1.11. The summed E-state index contributed by atoms with van der Waals surface area (Å²) >= 11 is 7.60. The minimum atomic E-state index is -4.34. The van der Waals surface area contributed by atoms with Gasteiger partial charge in [-0.25, -0.2) is 4.39 Å². The second-order valence-electron chi connectivity index (χ2n) is 3.32. The molecular weight excluding hydrogens is 338 g/mol. The van der Waals surface area contributed by atoms with E-state index in [1.165, 1.54) is 12.1 Å². The molecule has 0 saturated heterocycles. The Morgan fingerprint density at radius 3 is 2.50 bits per heavy atom. The summed E-state index contributed by atoms with van der Waals surface area (Å²) in [6.45, 7) is -0.653. The minimum absolute atomic E-state index is 0.0254. The van der Waals surface area contributed by atoms with E-state index in [9.17, 15) is 17.6 Å². The van der Waals surface area contributed by atoms with Gasteiger partial charge in [-0.2, -0.15) is 13.2 Å². The van der Waals surface area contributed by atoms with Crippen LogP contribution in [0.25, 0.3) is 0 Å². The molecule has 2 N–H and O–H groups in total. The molecule has 0 aliphatic rings. The van der Waals surface area contributed by atoms with Crippen molar-refractivity contribution in [2.75, 3.05) is 6.61 Å². The van der Waals surface area contributed by atoms with Crippen molar-refractivity contribution in [2.45, 2.75) is 12.6 Å². The second-order valence-corrected chi connectivity index (χ2v) is 4.55. The van der Waals surface area contributed by atoms with Crippen LogP contribution in [0.2, 0.25) is 0 Å². The van der Waals surface area contributed by atoms with Crippen molar-refractivity contribution < 1.29 is 22.3 Å². The lowest BCUT2D eigenvalue weighted by molar-refractivity contribution is -0.139. The number of thiocarbonyl (C=S) groups is 1. The number of hydrogen-bond donors (Lipinski definition) is 1. The van der Waals surface area contributed by atoms with Gasteiger partial charge in [-0.1, -0.05) is 12.2 Å². The predicted molar refractivity (Wildman–Crippen MR) is 66.2 cm³/mol. The van der Waals surface area contributed by atoms with Gasteiger partial charge in [0, 0.05) is 5.56 Å². The normalized spacial score (nSPS) is 11.4. The molecule has 0 aliphatic carbocycles. The first kappa shape index (κ1) is 15.2. The van der Waals surface area contributed by atoms with Crippen LogP contribution in [0, 0.1) is 5.82 Å². The molecule has 0 aromatic heterocycles. The molecule has 0 aliphatic heterocycles. The van der Waals surface area contributed by atoms with Gasteiger partial charge >= 0.3 is 6.18 Å². The van der Waals surface area contributed by atoms with Gasteiger partial charge in [0.15, 0.2) is 11.6 Å². The van der Waals surface area contributed by atoms with Crippen molar-refractivity contribution in [3.63, 3.8) is 0 Å². The van der Waals surface area contributed by atoms with E-state index < -0.39 is 25.0 Å². The minimum Gasteiger partial charge on any atom is -0.490 e. The summed E-state index contributed by atoms with van der Waals surface area (Å²) in [7, 11) is 0. The molecule has 1 aromatic rings. The third-order valence-corrected chi connectivity index (χ3v) is 2.95. The van der Waals surface area contributed by atoms with Crippen molar-refractivity contribution >= 4 is 33.1 Å². The Balaban J connectivity index is 2.80. The van der Waals surface area contributed by atoms with Crippen LogP contribution >= 0.6 is 28.1 Å². The zero-order chi connectivity index (χ0) is 13.9. The molecule has 2 nitrogen and oxygen atoms in total. The average molecular weight is 346 g/mol. The molecule has 0 bridgehead atoms. The van der Waals surface area contributed by atoms with Gasteiger partial charge in [0.25, 0.3) is 0 Å². The molecule has 0 amide bonds. The van der Waals surface area contributed by atoms with E-state index in [1.807, 2.05) is 0 Å². The van der Waals surface area contributed by atoms with Crippen LogP contribution in [-0.4, -0.2) is 17.8 Å². The van der Waals surface area contributed by atoms with E-state index in [0.717, 1.165) is 0 Å². The maximum Gasteiger partial charge on any atom is 0.392 e. The highest BCUT2D eigenvalue weighted by Crippen LogP contribution is 2.29. The first-order chi connectivity index (χ1) is 8.22. The lowest BCUT2D eigenvalue weighted by Gasteiger charge is -2.11. The summed E-state index contributed by atoms with van der Waals surface area (Å²) in [6, 6.07) is 2.56. The molecule has 8 heteroatoms. The van der Waals surface area contributed by atoms with Crippen LogP contribution in [0.4, 0.5) is 17.6 Å².